The average molecular weight is 287 g/mol. The fourth-order valence-electron chi connectivity index (χ4n) is 2.23. The molecule has 2 aromatic rings. The van der Waals surface area contributed by atoms with Gasteiger partial charge in [0.2, 0.25) is 0 Å². The standard InChI is InChI=1S/C10H11ClN4O2S/c11-8-4-5-9-12-13-10(15(9)14-8)7-3-1-2-6-18(7,16)17/h4-5,7H,1-3,6H2. The molecule has 1 aliphatic heterocycles. The first-order valence-corrected chi connectivity index (χ1v) is 7.77. The van der Waals surface area contributed by atoms with Crippen molar-refractivity contribution >= 4 is 27.1 Å². The third kappa shape index (κ3) is 1.87. The third-order valence-corrected chi connectivity index (χ3v) is 5.49. The van der Waals surface area contributed by atoms with Crippen LogP contribution in [0.2, 0.25) is 5.15 Å². The molecule has 2 aromatic heterocycles. The average Bonchev–Trinajstić information content (AvgIpc) is 2.71. The van der Waals surface area contributed by atoms with Gasteiger partial charge < -0.3 is 0 Å². The Labute approximate surface area is 109 Å². The molecule has 1 fully saturated rings. The molecule has 6 nitrogen and oxygen atoms in total. The Balaban J connectivity index is 2.16. The van der Waals surface area contributed by atoms with Gasteiger partial charge in [-0.2, -0.15) is 9.61 Å². The lowest BCUT2D eigenvalue weighted by molar-refractivity contribution is 0.534. The smallest absolute Gasteiger partial charge is 0.178 e. The Morgan fingerprint density at radius 1 is 1.28 bits per heavy atom. The predicted octanol–water partition coefficient (Wildman–Crippen LogP) is 1.42. The molecule has 1 aliphatic rings. The number of hydrogen-bond acceptors (Lipinski definition) is 5. The van der Waals surface area contributed by atoms with Gasteiger partial charge in [-0.25, -0.2) is 8.42 Å². The van der Waals surface area contributed by atoms with Gasteiger partial charge in [0.15, 0.2) is 21.3 Å². The van der Waals surface area contributed by atoms with Crippen LogP contribution in [0.4, 0.5) is 0 Å². The summed E-state index contributed by atoms with van der Waals surface area (Å²) < 4.78 is 25.6. The maximum absolute atomic E-state index is 12.1. The zero-order valence-electron chi connectivity index (χ0n) is 9.45. The van der Waals surface area contributed by atoms with Crippen molar-refractivity contribution in [2.24, 2.45) is 0 Å². The molecule has 0 saturated carbocycles. The van der Waals surface area contributed by atoms with E-state index in [1.807, 2.05) is 0 Å². The lowest BCUT2D eigenvalue weighted by Gasteiger charge is -2.20. The van der Waals surface area contributed by atoms with E-state index in [4.69, 9.17) is 11.6 Å². The van der Waals surface area contributed by atoms with Gasteiger partial charge in [-0.15, -0.1) is 10.2 Å². The first-order valence-electron chi connectivity index (χ1n) is 5.67. The molecule has 0 amide bonds. The summed E-state index contributed by atoms with van der Waals surface area (Å²) in [6.45, 7) is 0. The molecule has 0 bridgehead atoms. The minimum Gasteiger partial charge on any atom is -0.228 e. The van der Waals surface area contributed by atoms with E-state index in [2.05, 4.69) is 15.3 Å². The Kier molecular flexibility index (Phi) is 2.74. The van der Waals surface area contributed by atoms with Crippen LogP contribution in [0, 0.1) is 0 Å². The molecule has 1 atom stereocenters. The van der Waals surface area contributed by atoms with E-state index in [1.54, 1.807) is 12.1 Å². The molecular weight excluding hydrogens is 276 g/mol. The monoisotopic (exact) mass is 286 g/mol. The molecule has 1 saturated heterocycles. The van der Waals surface area contributed by atoms with Crippen molar-refractivity contribution in [3.63, 3.8) is 0 Å². The van der Waals surface area contributed by atoms with E-state index < -0.39 is 15.1 Å². The van der Waals surface area contributed by atoms with E-state index in [9.17, 15) is 8.42 Å². The highest BCUT2D eigenvalue weighted by molar-refractivity contribution is 7.91. The van der Waals surface area contributed by atoms with E-state index in [0.717, 1.165) is 6.42 Å². The van der Waals surface area contributed by atoms with Gasteiger partial charge >= 0.3 is 0 Å². The number of aromatic nitrogens is 4. The molecule has 0 radical (unpaired) electrons. The Morgan fingerprint density at radius 2 is 2.11 bits per heavy atom. The van der Waals surface area contributed by atoms with Crippen LogP contribution in [0.25, 0.3) is 5.65 Å². The normalized spacial score (nSPS) is 23.3. The highest BCUT2D eigenvalue weighted by Crippen LogP contribution is 2.32. The molecule has 96 valence electrons. The summed E-state index contributed by atoms with van der Waals surface area (Å²) in [6.07, 6.45) is 2.15. The molecule has 18 heavy (non-hydrogen) atoms. The van der Waals surface area contributed by atoms with Gasteiger partial charge in [-0.1, -0.05) is 18.0 Å². The quantitative estimate of drug-likeness (QED) is 0.792. The number of halogens is 1. The highest BCUT2D eigenvalue weighted by Gasteiger charge is 2.34. The molecular formula is C10H11ClN4O2S. The summed E-state index contributed by atoms with van der Waals surface area (Å²) >= 11 is 5.82. The highest BCUT2D eigenvalue weighted by atomic mass is 35.5. The van der Waals surface area contributed by atoms with E-state index >= 15 is 0 Å². The van der Waals surface area contributed by atoms with Gasteiger partial charge in [-0.3, -0.25) is 0 Å². The van der Waals surface area contributed by atoms with Crippen molar-refractivity contribution in [3.8, 4) is 0 Å². The molecule has 0 N–H and O–H groups in total. The lowest BCUT2D eigenvalue weighted by Crippen LogP contribution is -2.23. The van der Waals surface area contributed by atoms with Gasteiger partial charge in [0, 0.05) is 0 Å². The maximum Gasteiger partial charge on any atom is 0.178 e. The van der Waals surface area contributed by atoms with Crippen molar-refractivity contribution in [1.82, 2.24) is 19.8 Å². The van der Waals surface area contributed by atoms with Crippen molar-refractivity contribution in [2.75, 3.05) is 5.75 Å². The van der Waals surface area contributed by atoms with Crippen LogP contribution >= 0.6 is 11.6 Å². The van der Waals surface area contributed by atoms with Crippen LogP contribution in [0.1, 0.15) is 30.3 Å². The molecule has 8 heteroatoms. The second kappa shape index (κ2) is 4.17. The van der Waals surface area contributed by atoms with Gasteiger partial charge in [0.1, 0.15) is 10.4 Å². The number of hydrogen-bond donors (Lipinski definition) is 0. The summed E-state index contributed by atoms with van der Waals surface area (Å²) in [4.78, 5) is 0. The number of fused-ring (bicyclic) bond motifs is 1. The fourth-order valence-corrected chi connectivity index (χ4v) is 4.25. The first-order chi connectivity index (χ1) is 8.58. The summed E-state index contributed by atoms with van der Waals surface area (Å²) in [7, 11) is -3.16. The van der Waals surface area contributed by atoms with E-state index in [1.165, 1.54) is 4.52 Å². The molecule has 1 unspecified atom stereocenters. The van der Waals surface area contributed by atoms with Crippen LogP contribution in [-0.2, 0) is 9.84 Å². The van der Waals surface area contributed by atoms with E-state index in [-0.39, 0.29) is 10.9 Å². The Hall–Kier alpha value is -1.21. The Bertz CT molecular complexity index is 697. The van der Waals surface area contributed by atoms with Crippen molar-refractivity contribution in [3.05, 3.63) is 23.1 Å². The summed E-state index contributed by atoms with van der Waals surface area (Å²) in [5.74, 6) is 0.569. The zero-order valence-corrected chi connectivity index (χ0v) is 11.0. The second-order valence-electron chi connectivity index (χ2n) is 4.34. The first kappa shape index (κ1) is 11.9. The predicted molar refractivity (Wildman–Crippen MR) is 66.2 cm³/mol. The number of nitrogens with zero attached hydrogens (tertiary/aromatic N) is 4. The minimum atomic E-state index is -3.16. The van der Waals surface area contributed by atoms with Crippen molar-refractivity contribution in [1.29, 1.82) is 0 Å². The summed E-state index contributed by atoms with van der Waals surface area (Å²) in [6, 6.07) is 3.27. The van der Waals surface area contributed by atoms with Crippen LogP contribution in [0.3, 0.4) is 0 Å². The zero-order chi connectivity index (χ0) is 12.8. The second-order valence-corrected chi connectivity index (χ2v) is 7.03. The number of rotatable bonds is 1. The van der Waals surface area contributed by atoms with Crippen LogP contribution in [-0.4, -0.2) is 34.0 Å². The van der Waals surface area contributed by atoms with Crippen molar-refractivity contribution in [2.45, 2.75) is 24.5 Å². The fraction of sp³-hybridized carbons (Fsp3) is 0.500. The van der Waals surface area contributed by atoms with Gasteiger partial charge in [0.05, 0.1) is 5.75 Å². The van der Waals surface area contributed by atoms with Crippen LogP contribution in [0.5, 0.6) is 0 Å². The Morgan fingerprint density at radius 3 is 2.89 bits per heavy atom. The van der Waals surface area contributed by atoms with E-state index in [0.29, 0.717) is 24.3 Å². The number of sulfone groups is 1. The largest absolute Gasteiger partial charge is 0.228 e. The van der Waals surface area contributed by atoms with Gasteiger partial charge in [0.25, 0.3) is 0 Å². The molecule has 0 spiro atoms. The lowest BCUT2D eigenvalue weighted by atomic mass is 10.2. The topological polar surface area (TPSA) is 77.2 Å². The SMILES string of the molecule is O=S1(=O)CCCCC1c1nnc2ccc(Cl)nn12. The van der Waals surface area contributed by atoms with Crippen LogP contribution in [0.15, 0.2) is 12.1 Å². The third-order valence-electron chi connectivity index (χ3n) is 3.12. The summed E-state index contributed by atoms with van der Waals surface area (Å²) in [5.41, 5.74) is 0.509. The molecule has 0 aromatic carbocycles. The summed E-state index contributed by atoms with van der Waals surface area (Å²) in [5, 5.41) is 11.6. The van der Waals surface area contributed by atoms with Crippen LogP contribution < -0.4 is 0 Å². The van der Waals surface area contributed by atoms with Gasteiger partial charge in [-0.05, 0) is 25.0 Å². The minimum absolute atomic E-state index is 0.202. The maximum atomic E-state index is 12.1. The molecule has 0 aliphatic carbocycles. The van der Waals surface area contributed by atoms with Crippen molar-refractivity contribution < 1.29 is 8.42 Å². The molecule has 3 heterocycles. The molecule has 3 rings (SSSR count).